The molecule has 0 unspecified atom stereocenters. The van der Waals surface area contributed by atoms with Crippen LogP contribution >= 0.6 is 0 Å². The minimum absolute atomic E-state index is 0.0384. The predicted molar refractivity (Wildman–Crippen MR) is 157 cm³/mol. The van der Waals surface area contributed by atoms with Crippen molar-refractivity contribution in [2.75, 3.05) is 40.0 Å². The number of aliphatic hydroxyl groups excluding tert-OH is 1. The van der Waals surface area contributed by atoms with E-state index in [1.807, 2.05) is 26.0 Å². The molecular weight excluding hydrogens is 506 g/mol. The number of hydrogen-bond donors (Lipinski definition) is 3. The van der Waals surface area contributed by atoms with Crippen LogP contribution in [-0.4, -0.2) is 80.0 Å². The quantitative estimate of drug-likeness (QED) is 0.302. The Labute approximate surface area is 240 Å². The van der Waals surface area contributed by atoms with Gasteiger partial charge in [-0.15, -0.1) is 0 Å². The average molecular weight is 558 g/mol. The Morgan fingerprint density at radius 1 is 1.07 bits per heavy atom. The molecule has 1 saturated heterocycles. The van der Waals surface area contributed by atoms with E-state index in [9.17, 15) is 14.7 Å². The van der Waals surface area contributed by atoms with Crippen LogP contribution in [0.5, 0.6) is 5.75 Å². The molecule has 3 fully saturated rings. The Hall–Kier alpha value is -2.16. The van der Waals surface area contributed by atoms with Crippen molar-refractivity contribution >= 4 is 11.8 Å². The number of hydrogen-bond acceptors (Lipinski definition) is 6. The first-order chi connectivity index (χ1) is 19.3. The molecule has 0 spiro atoms. The second-order valence-corrected chi connectivity index (χ2v) is 12.4. The fourth-order valence-electron chi connectivity index (χ4n) is 6.38. The molecule has 2 aliphatic carbocycles. The lowest BCUT2D eigenvalue weighted by Crippen LogP contribution is -2.43. The molecule has 224 valence electrons. The lowest BCUT2D eigenvalue weighted by atomic mass is 9.84. The topological polar surface area (TPSA) is 100 Å². The van der Waals surface area contributed by atoms with E-state index in [4.69, 9.17) is 9.47 Å². The molecular formula is C32H51N3O5. The van der Waals surface area contributed by atoms with Crippen LogP contribution in [0, 0.1) is 17.8 Å². The third kappa shape index (κ3) is 7.98. The van der Waals surface area contributed by atoms with E-state index in [1.165, 1.54) is 0 Å². The summed E-state index contributed by atoms with van der Waals surface area (Å²) < 4.78 is 11.6. The molecule has 8 nitrogen and oxygen atoms in total. The molecule has 0 aromatic heterocycles. The van der Waals surface area contributed by atoms with E-state index in [0.29, 0.717) is 36.7 Å². The molecule has 1 heterocycles. The molecule has 2 atom stereocenters. The van der Waals surface area contributed by atoms with Crippen LogP contribution < -0.4 is 15.4 Å². The largest absolute Gasteiger partial charge is 0.493 e. The monoisotopic (exact) mass is 557 g/mol. The predicted octanol–water partition coefficient (Wildman–Crippen LogP) is 3.72. The normalized spacial score (nSPS) is 24.8. The fourth-order valence-corrected chi connectivity index (χ4v) is 6.38. The fraction of sp³-hybridized carbons (Fsp3) is 0.750. The molecule has 40 heavy (non-hydrogen) atoms. The van der Waals surface area contributed by atoms with Gasteiger partial charge >= 0.3 is 0 Å². The van der Waals surface area contributed by atoms with Crippen LogP contribution in [0.25, 0.3) is 0 Å². The Morgan fingerprint density at radius 3 is 2.45 bits per heavy atom. The number of nitrogens with one attached hydrogen (secondary N) is 2. The van der Waals surface area contributed by atoms with E-state index in [0.717, 1.165) is 94.3 Å². The summed E-state index contributed by atoms with van der Waals surface area (Å²) in [6, 6.07) is 4.39. The van der Waals surface area contributed by atoms with Gasteiger partial charge in [0.25, 0.3) is 5.91 Å². The molecule has 2 saturated carbocycles. The minimum Gasteiger partial charge on any atom is -0.493 e. The van der Waals surface area contributed by atoms with Crippen molar-refractivity contribution in [3.05, 3.63) is 28.8 Å². The van der Waals surface area contributed by atoms with Crippen molar-refractivity contribution in [3.63, 3.8) is 0 Å². The maximum absolute atomic E-state index is 13.6. The number of aryl methyl sites for hydroxylation is 1. The summed E-state index contributed by atoms with van der Waals surface area (Å²) in [4.78, 5) is 29.2. The van der Waals surface area contributed by atoms with Gasteiger partial charge in [-0.3, -0.25) is 9.59 Å². The SMILES string of the molecule is CCc1ccc(C(=O)NC(C)C)c(C[C@@H]2CNC[C@H]2CN(C(=O)C2CCC(O)CC2)C2CC2)c1OCCCOC. The number of amides is 2. The summed E-state index contributed by atoms with van der Waals surface area (Å²) in [5.41, 5.74) is 2.79. The Balaban J connectivity index is 1.55. The minimum atomic E-state index is -0.256. The molecule has 3 aliphatic rings. The Morgan fingerprint density at radius 2 is 1.80 bits per heavy atom. The zero-order valence-corrected chi connectivity index (χ0v) is 25.0. The van der Waals surface area contributed by atoms with E-state index < -0.39 is 0 Å². The summed E-state index contributed by atoms with van der Waals surface area (Å²) in [7, 11) is 1.69. The van der Waals surface area contributed by atoms with Crippen molar-refractivity contribution in [1.82, 2.24) is 15.5 Å². The third-order valence-electron chi connectivity index (χ3n) is 8.82. The van der Waals surface area contributed by atoms with Gasteiger partial charge in [-0.1, -0.05) is 13.0 Å². The maximum atomic E-state index is 13.6. The highest BCUT2D eigenvalue weighted by Gasteiger charge is 2.40. The van der Waals surface area contributed by atoms with Gasteiger partial charge in [-0.2, -0.15) is 0 Å². The van der Waals surface area contributed by atoms with Crippen LogP contribution in [0.15, 0.2) is 12.1 Å². The highest BCUT2D eigenvalue weighted by Crippen LogP contribution is 2.37. The molecule has 1 aliphatic heterocycles. The maximum Gasteiger partial charge on any atom is 0.251 e. The molecule has 3 N–H and O–H groups in total. The summed E-state index contributed by atoms with van der Waals surface area (Å²) in [6.07, 6.45) is 7.29. The van der Waals surface area contributed by atoms with E-state index in [-0.39, 0.29) is 29.9 Å². The van der Waals surface area contributed by atoms with E-state index in [1.54, 1.807) is 7.11 Å². The second kappa shape index (κ2) is 14.6. The number of rotatable bonds is 14. The molecule has 1 aromatic carbocycles. The number of aliphatic hydroxyl groups is 1. The molecule has 0 bridgehead atoms. The molecule has 2 amide bonds. The number of nitrogens with zero attached hydrogens (tertiary/aromatic N) is 1. The lowest BCUT2D eigenvalue weighted by Gasteiger charge is -2.34. The standard InChI is InChI=1S/C32H51N3O5/c1-5-22-9-14-28(31(37)34-21(2)3)29(30(22)40-16-6-15-39-4)17-24-18-33-19-25(24)20-35(26-10-11-26)32(38)23-7-12-27(36)13-8-23/h9,14,21,23-27,33,36H,5-8,10-13,15-20H2,1-4H3,(H,34,37)/t23?,24-,25+,27?/m1/s1. The molecule has 0 radical (unpaired) electrons. The zero-order chi connectivity index (χ0) is 28.6. The Bertz CT molecular complexity index is 987. The first-order valence-corrected chi connectivity index (χ1v) is 15.6. The van der Waals surface area contributed by atoms with Gasteiger partial charge in [-0.25, -0.2) is 0 Å². The van der Waals surface area contributed by atoms with Crippen molar-refractivity contribution in [3.8, 4) is 5.75 Å². The average Bonchev–Trinajstić information content (AvgIpc) is 3.69. The van der Waals surface area contributed by atoms with Gasteiger partial charge in [0.1, 0.15) is 5.75 Å². The van der Waals surface area contributed by atoms with Crippen LogP contribution in [-0.2, 0) is 22.4 Å². The first kappa shape index (κ1) is 30.8. The third-order valence-corrected chi connectivity index (χ3v) is 8.82. The number of benzene rings is 1. The second-order valence-electron chi connectivity index (χ2n) is 12.4. The van der Waals surface area contributed by atoms with Crippen molar-refractivity contribution in [2.24, 2.45) is 17.8 Å². The van der Waals surface area contributed by atoms with Crippen molar-refractivity contribution < 1.29 is 24.2 Å². The van der Waals surface area contributed by atoms with Gasteiger partial charge in [0.15, 0.2) is 0 Å². The zero-order valence-electron chi connectivity index (χ0n) is 25.0. The highest BCUT2D eigenvalue weighted by molar-refractivity contribution is 5.96. The van der Waals surface area contributed by atoms with E-state index in [2.05, 4.69) is 22.5 Å². The summed E-state index contributed by atoms with van der Waals surface area (Å²) in [5.74, 6) is 1.71. The number of carbonyl (C=O) groups is 2. The van der Waals surface area contributed by atoms with Gasteiger partial charge < -0.3 is 30.1 Å². The number of carbonyl (C=O) groups excluding carboxylic acids is 2. The number of methoxy groups -OCH3 is 1. The molecule has 8 heteroatoms. The van der Waals surface area contributed by atoms with Gasteiger partial charge in [0.05, 0.1) is 12.7 Å². The van der Waals surface area contributed by atoms with Crippen molar-refractivity contribution in [1.29, 1.82) is 0 Å². The van der Waals surface area contributed by atoms with Crippen LogP contribution in [0.4, 0.5) is 0 Å². The van der Waals surface area contributed by atoms with Crippen molar-refractivity contribution in [2.45, 2.75) is 96.7 Å². The number of ether oxygens (including phenoxy) is 2. The van der Waals surface area contributed by atoms with E-state index >= 15 is 0 Å². The first-order valence-electron chi connectivity index (χ1n) is 15.6. The summed E-state index contributed by atoms with van der Waals surface area (Å²) in [5, 5.41) is 16.6. The Kier molecular flexibility index (Phi) is 11.3. The lowest BCUT2D eigenvalue weighted by molar-refractivity contribution is -0.138. The summed E-state index contributed by atoms with van der Waals surface area (Å²) >= 11 is 0. The van der Waals surface area contributed by atoms with Crippen LogP contribution in [0.2, 0.25) is 0 Å². The van der Waals surface area contributed by atoms with Gasteiger partial charge in [0, 0.05) is 55.8 Å². The molecule has 1 aromatic rings. The smallest absolute Gasteiger partial charge is 0.251 e. The molecule has 4 rings (SSSR count). The van der Waals surface area contributed by atoms with Gasteiger partial charge in [0.2, 0.25) is 5.91 Å². The van der Waals surface area contributed by atoms with Gasteiger partial charge in [-0.05, 0) is 102 Å². The highest BCUT2D eigenvalue weighted by atomic mass is 16.5. The summed E-state index contributed by atoms with van der Waals surface area (Å²) in [6.45, 7) is 9.73. The van der Waals surface area contributed by atoms with Crippen LogP contribution in [0.1, 0.15) is 87.2 Å². The van der Waals surface area contributed by atoms with Crippen LogP contribution in [0.3, 0.4) is 0 Å².